The smallest absolute Gasteiger partial charge is 0.319 e. The SMILES string of the molecule is COC(=O)C1(c2nc(C)cc(C(C)C)n2)CCC1. The highest BCUT2D eigenvalue weighted by atomic mass is 16.5. The molecule has 1 aliphatic carbocycles. The van der Waals surface area contributed by atoms with Gasteiger partial charge in [-0.05, 0) is 31.7 Å². The number of esters is 1. The van der Waals surface area contributed by atoms with E-state index >= 15 is 0 Å². The molecule has 2 rings (SSSR count). The van der Waals surface area contributed by atoms with Crippen molar-refractivity contribution >= 4 is 5.97 Å². The van der Waals surface area contributed by atoms with Gasteiger partial charge in [0, 0.05) is 11.4 Å². The van der Waals surface area contributed by atoms with E-state index in [0.29, 0.717) is 11.7 Å². The molecule has 1 aliphatic rings. The molecule has 0 spiro atoms. The van der Waals surface area contributed by atoms with E-state index < -0.39 is 5.41 Å². The van der Waals surface area contributed by atoms with Crippen molar-refractivity contribution in [3.63, 3.8) is 0 Å². The van der Waals surface area contributed by atoms with Gasteiger partial charge < -0.3 is 4.74 Å². The Balaban J connectivity index is 2.46. The fourth-order valence-electron chi connectivity index (χ4n) is 2.35. The summed E-state index contributed by atoms with van der Waals surface area (Å²) in [4.78, 5) is 21.1. The number of nitrogens with zero attached hydrogens (tertiary/aromatic N) is 2. The number of hydrogen-bond donors (Lipinski definition) is 0. The van der Waals surface area contributed by atoms with Gasteiger partial charge in [-0.3, -0.25) is 4.79 Å². The van der Waals surface area contributed by atoms with Gasteiger partial charge in [-0.15, -0.1) is 0 Å². The van der Waals surface area contributed by atoms with Crippen LogP contribution in [0, 0.1) is 6.92 Å². The molecule has 0 bridgehead atoms. The van der Waals surface area contributed by atoms with Crippen molar-refractivity contribution in [2.24, 2.45) is 0 Å². The Morgan fingerprint density at radius 2 is 2.06 bits per heavy atom. The zero-order valence-electron chi connectivity index (χ0n) is 11.5. The van der Waals surface area contributed by atoms with Crippen LogP contribution in [-0.4, -0.2) is 23.0 Å². The lowest BCUT2D eigenvalue weighted by Gasteiger charge is -2.37. The fourth-order valence-corrected chi connectivity index (χ4v) is 2.35. The molecule has 0 amide bonds. The molecule has 0 saturated heterocycles. The predicted octanol–water partition coefficient (Wildman–Crippen LogP) is 2.50. The monoisotopic (exact) mass is 248 g/mol. The Bertz CT molecular complexity index is 465. The van der Waals surface area contributed by atoms with Gasteiger partial charge in [0.05, 0.1) is 7.11 Å². The molecule has 98 valence electrons. The lowest BCUT2D eigenvalue weighted by molar-refractivity contribution is -0.151. The van der Waals surface area contributed by atoms with E-state index in [1.165, 1.54) is 7.11 Å². The van der Waals surface area contributed by atoms with Crippen LogP contribution in [0.2, 0.25) is 0 Å². The van der Waals surface area contributed by atoms with Crippen LogP contribution in [-0.2, 0) is 14.9 Å². The van der Waals surface area contributed by atoms with E-state index in [1.807, 2.05) is 13.0 Å². The lowest BCUT2D eigenvalue weighted by Crippen LogP contribution is -2.45. The number of carbonyl (C=O) groups excluding carboxylic acids is 1. The number of aryl methyl sites for hydroxylation is 1. The summed E-state index contributed by atoms with van der Waals surface area (Å²) in [6.45, 7) is 6.13. The number of rotatable bonds is 3. The molecule has 0 atom stereocenters. The minimum atomic E-state index is -0.593. The van der Waals surface area contributed by atoms with Gasteiger partial charge >= 0.3 is 5.97 Å². The van der Waals surface area contributed by atoms with E-state index in [2.05, 4.69) is 23.8 Å². The highest BCUT2D eigenvalue weighted by Crippen LogP contribution is 2.43. The Hall–Kier alpha value is -1.45. The average Bonchev–Trinajstić information content (AvgIpc) is 2.26. The van der Waals surface area contributed by atoms with Gasteiger partial charge in [-0.2, -0.15) is 0 Å². The van der Waals surface area contributed by atoms with Gasteiger partial charge in [0.25, 0.3) is 0 Å². The number of hydrogen-bond acceptors (Lipinski definition) is 4. The lowest BCUT2D eigenvalue weighted by atomic mass is 9.68. The molecule has 0 unspecified atom stereocenters. The third-order valence-corrected chi connectivity index (χ3v) is 3.68. The largest absolute Gasteiger partial charge is 0.468 e. The van der Waals surface area contributed by atoms with Gasteiger partial charge in [0.15, 0.2) is 0 Å². The van der Waals surface area contributed by atoms with Crippen LogP contribution >= 0.6 is 0 Å². The highest BCUT2D eigenvalue weighted by molar-refractivity contribution is 5.83. The molecule has 1 saturated carbocycles. The topological polar surface area (TPSA) is 52.1 Å². The molecule has 4 nitrogen and oxygen atoms in total. The van der Waals surface area contributed by atoms with E-state index in [0.717, 1.165) is 30.7 Å². The molecule has 1 aromatic rings. The Morgan fingerprint density at radius 3 is 2.50 bits per heavy atom. The van der Waals surface area contributed by atoms with Gasteiger partial charge in [0.1, 0.15) is 11.2 Å². The minimum absolute atomic E-state index is 0.200. The average molecular weight is 248 g/mol. The maximum absolute atomic E-state index is 12.0. The van der Waals surface area contributed by atoms with E-state index in [9.17, 15) is 4.79 Å². The molecule has 0 aliphatic heterocycles. The van der Waals surface area contributed by atoms with Crippen LogP contribution in [0.4, 0.5) is 0 Å². The van der Waals surface area contributed by atoms with Crippen LogP contribution in [0.15, 0.2) is 6.07 Å². The number of methoxy groups -OCH3 is 1. The zero-order chi connectivity index (χ0) is 13.3. The summed E-state index contributed by atoms with van der Waals surface area (Å²) in [6.07, 6.45) is 2.62. The summed E-state index contributed by atoms with van der Waals surface area (Å²) >= 11 is 0. The van der Waals surface area contributed by atoms with Crippen molar-refractivity contribution < 1.29 is 9.53 Å². The summed E-state index contributed by atoms with van der Waals surface area (Å²) < 4.78 is 4.93. The number of carbonyl (C=O) groups is 1. The fraction of sp³-hybridized carbons (Fsp3) is 0.643. The van der Waals surface area contributed by atoms with Crippen LogP contribution in [0.1, 0.15) is 56.2 Å². The summed E-state index contributed by atoms with van der Waals surface area (Å²) in [7, 11) is 1.43. The quantitative estimate of drug-likeness (QED) is 0.771. The van der Waals surface area contributed by atoms with Crippen molar-refractivity contribution in [3.8, 4) is 0 Å². The summed E-state index contributed by atoms with van der Waals surface area (Å²) in [5.41, 5.74) is 1.32. The normalized spacial score (nSPS) is 17.4. The first kappa shape index (κ1) is 13.0. The van der Waals surface area contributed by atoms with Crippen LogP contribution < -0.4 is 0 Å². The molecule has 0 N–H and O–H groups in total. The maximum atomic E-state index is 12.0. The maximum Gasteiger partial charge on any atom is 0.319 e. The minimum Gasteiger partial charge on any atom is -0.468 e. The Kier molecular flexibility index (Phi) is 3.37. The second-order valence-corrected chi connectivity index (χ2v) is 5.34. The summed E-state index contributed by atoms with van der Waals surface area (Å²) in [6, 6.07) is 1.98. The first-order chi connectivity index (χ1) is 8.49. The van der Waals surface area contributed by atoms with Gasteiger partial charge in [-0.1, -0.05) is 20.3 Å². The molecule has 1 fully saturated rings. The first-order valence-corrected chi connectivity index (χ1v) is 6.44. The molecule has 0 radical (unpaired) electrons. The second kappa shape index (κ2) is 4.67. The van der Waals surface area contributed by atoms with Crippen molar-refractivity contribution in [2.75, 3.05) is 7.11 Å². The Labute approximate surface area is 108 Å². The van der Waals surface area contributed by atoms with Crippen molar-refractivity contribution in [1.29, 1.82) is 0 Å². The predicted molar refractivity (Wildman–Crippen MR) is 68.4 cm³/mol. The van der Waals surface area contributed by atoms with Crippen LogP contribution in [0.3, 0.4) is 0 Å². The van der Waals surface area contributed by atoms with E-state index in [-0.39, 0.29) is 5.97 Å². The molecule has 1 aromatic heterocycles. The number of ether oxygens (including phenoxy) is 1. The van der Waals surface area contributed by atoms with Crippen LogP contribution in [0.25, 0.3) is 0 Å². The molecule has 18 heavy (non-hydrogen) atoms. The van der Waals surface area contributed by atoms with Gasteiger partial charge in [0.2, 0.25) is 0 Å². The molecule has 0 aromatic carbocycles. The molecule has 4 heteroatoms. The standard InChI is InChI=1S/C14H20N2O2/c1-9(2)11-8-10(3)15-12(16-11)14(6-5-7-14)13(17)18-4/h8-9H,5-7H2,1-4H3. The van der Waals surface area contributed by atoms with E-state index in [4.69, 9.17) is 4.74 Å². The highest BCUT2D eigenvalue weighted by Gasteiger charge is 2.49. The third-order valence-electron chi connectivity index (χ3n) is 3.68. The van der Waals surface area contributed by atoms with Crippen molar-refractivity contribution in [1.82, 2.24) is 9.97 Å². The van der Waals surface area contributed by atoms with Gasteiger partial charge in [-0.25, -0.2) is 9.97 Å². The second-order valence-electron chi connectivity index (χ2n) is 5.34. The summed E-state index contributed by atoms with van der Waals surface area (Å²) in [5, 5.41) is 0. The number of aromatic nitrogens is 2. The molecular formula is C14H20N2O2. The van der Waals surface area contributed by atoms with Crippen molar-refractivity contribution in [2.45, 2.75) is 51.4 Å². The van der Waals surface area contributed by atoms with Crippen molar-refractivity contribution in [3.05, 3.63) is 23.3 Å². The molecular weight excluding hydrogens is 228 g/mol. The zero-order valence-corrected chi connectivity index (χ0v) is 11.5. The Morgan fingerprint density at radius 1 is 1.39 bits per heavy atom. The van der Waals surface area contributed by atoms with Crippen LogP contribution in [0.5, 0.6) is 0 Å². The van der Waals surface area contributed by atoms with E-state index in [1.54, 1.807) is 0 Å². The molecule has 1 heterocycles. The first-order valence-electron chi connectivity index (χ1n) is 6.44. The third kappa shape index (κ3) is 2.00. The summed E-state index contributed by atoms with van der Waals surface area (Å²) in [5.74, 6) is 0.776.